The Kier molecular flexibility index (Phi) is 8.77. The molecule has 2 aliphatic rings. The van der Waals surface area contributed by atoms with Crippen molar-refractivity contribution in [2.45, 2.75) is 24.7 Å². The van der Waals surface area contributed by atoms with Crippen LogP contribution in [0.15, 0.2) is 54.6 Å². The van der Waals surface area contributed by atoms with Gasteiger partial charge in [-0.15, -0.1) is 0 Å². The van der Waals surface area contributed by atoms with Crippen LogP contribution in [0.2, 0.25) is 0 Å². The molecular formula is C32H37NO7. The van der Waals surface area contributed by atoms with Gasteiger partial charge in [-0.2, -0.15) is 0 Å². The van der Waals surface area contributed by atoms with Crippen LogP contribution in [0.25, 0.3) is 0 Å². The molecule has 3 aromatic carbocycles. The van der Waals surface area contributed by atoms with Crippen LogP contribution in [-0.4, -0.2) is 72.2 Å². The van der Waals surface area contributed by atoms with Crippen molar-refractivity contribution in [1.82, 2.24) is 4.90 Å². The summed E-state index contributed by atoms with van der Waals surface area (Å²) < 4.78 is 34.3. The van der Waals surface area contributed by atoms with Crippen LogP contribution in [0.4, 0.5) is 0 Å². The summed E-state index contributed by atoms with van der Waals surface area (Å²) in [5.74, 6) is 2.69. The number of ether oxygens (including phenoxy) is 6. The molecule has 0 radical (unpaired) electrons. The van der Waals surface area contributed by atoms with Gasteiger partial charge in [-0.3, -0.25) is 9.69 Å². The highest BCUT2D eigenvalue weighted by molar-refractivity contribution is 5.81. The smallest absolute Gasteiger partial charge is 0.312 e. The zero-order valence-corrected chi connectivity index (χ0v) is 23.6. The molecule has 3 aromatic rings. The average molecular weight is 548 g/mol. The summed E-state index contributed by atoms with van der Waals surface area (Å²) in [6.07, 6.45) is 1.01. The Balaban J connectivity index is 1.65. The first-order chi connectivity index (χ1) is 19.6. The Labute approximate surface area is 235 Å². The van der Waals surface area contributed by atoms with Gasteiger partial charge in [0, 0.05) is 42.1 Å². The Morgan fingerprint density at radius 3 is 2.08 bits per heavy atom. The molecule has 0 aliphatic carbocycles. The second-order valence-corrected chi connectivity index (χ2v) is 10.0. The highest BCUT2D eigenvalue weighted by atomic mass is 16.5. The van der Waals surface area contributed by atoms with Gasteiger partial charge in [0.05, 0.1) is 48.1 Å². The third-order valence-corrected chi connectivity index (χ3v) is 7.88. The highest BCUT2D eigenvalue weighted by Crippen LogP contribution is 2.53. The lowest BCUT2D eigenvalue weighted by Gasteiger charge is -2.33. The molecule has 0 spiro atoms. The van der Waals surface area contributed by atoms with Crippen LogP contribution in [0, 0.1) is 0 Å². The molecule has 2 aliphatic heterocycles. The number of morpholine rings is 1. The van der Waals surface area contributed by atoms with E-state index < -0.39 is 0 Å². The van der Waals surface area contributed by atoms with Gasteiger partial charge < -0.3 is 28.4 Å². The number of hydrogen-bond donors (Lipinski definition) is 0. The lowest BCUT2D eigenvalue weighted by molar-refractivity contribution is -0.135. The Bertz CT molecular complexity index is 1300. The van der Waals surface area contributed by atoms with Crippen LogP contribution in [0.1, 0.15) is 46.9 Å². The van der Waals surface area contributed by atoms with Crippen molar-refractivity contribution in [1.29, 1.82) is 0 Å². The predicted molar refractivity (Wildman–Crippen MR) is 151 cm³/mol. The molecule has 0 amide bonds. The molecule has 2 heterocycles. The fraction of sp³-hybridized carbons (Fsp3) is 0.406. The van der Waals surface area contributed by atoms with Crippen molar-refractivity contribution in [3.63, 3.8) is 0 Å². The average Bonchev–Trinajstić information content (AvgIpc) is 3.01. The highest BCUT2D eigenvalue weighted by Gasteiger charge is 2.37. The molecule has 0 saturated carbocycles. The number of carbonyl (C=O) groups excluding carboxylic acids is 1. The Morgan fingerprint density at radius 1 is 0.850 bits per heavy atom. The monoisotopic (exact) mass is 547 g/mol. The number of methoxy groups -OCH3 is 4. The van der Waals surface area contributed by atoms with Crippen LogP contribution in [0.3, 0.4) is 0 Å². The van der Waals surface area contributed by atoms with Gasteiger partial charge in [-0.1, -0.05) is 24.3 Å². The molecule has 2 unspecified atom stereocenters. The maximum atomic E-state index is 13.2. The number of nitrogens with zero attached hydrogens (tertiary/aromatic N) is 1. The zero-order chi connectivity index (χ0) is 28.1. The molecule has 0 aromatic heterocycles. The summed E-state index contributed by atoms with van der Waals surface area (Å²) in [7, 11) is 6.57. The van der Waals surface area contributed by atoms with Crippen molar-refractivity contribution in [2.24, 2.45) is 0 Å². The largest absolute Gasteiger partial charge is 0.497 e. The van der Waals surface area contributed by atoms with Crippen molar-refractivity contribution in [2.75, 3.05) is 61.3 Å². The van der Waals surface area contributed by atoms with E-state index in [1.54, 1.807) is 28.4 Å². The maximum absolute atomic E-state index is 13.2. The minimum atomic E-state index is -0.286. The fourth-order valence-electron chi connectivity index (χ4n) is 5.75. The van der Waals surface area contributed by atoms with Crippen molar-refractivity contribution >= 4 is 5.97 Å². The van der Waals surface area contributed by atoms with Gasteiger partial charge in [0.1, 0.15) is 28.7 Å². The number of hydrogen-bond acceptors (Lipinski definition) is 8. The molecule has 8 nitrogen and oxygen atoms in total. The second-order valence-electron chi connectivity index (χ2n) is 10.0. The number of rotatable bonds is 10. The van der Waals surface area contributed by atoms with E-state index >= 15 is 0 Å². The first-order valence-corrected chi connectivity index (χ1v) is 13.6. The minimum absolute atomic E-state index is 0.106. The van der Waals surface area contributed by atoms with Crippen LogP contribution in [-0.2, 0) is 9.53 Å². The zero-order valence-electron chi connectivity index (χ0n) is 23.6. The molecule has 1 saturated heterocycles. The normalized spacial score (nSPS) is 17.9. The van der Waals surface area contributed by atoms with Gasteiger partial charge in [0.25, 0.3) is 0 Å². The molecule has 5 rings (SSSR count). The lowest BCUT2D eigenvalue weighted by Crippen LogP contribution is -2.37. The first-order valence-electron chi connectivity index (χ1n) is 13.6. The standard InChI is InChI=1S/C32H37NO7/c1-35-23-9-5-21(6-10-23)25(13-14-33-15-17-39-18-16-33)30-27(37-3)20-28(38-4)31-26(19-29(34)40-32(30)31)22-7-11-24(36-2)12-8-22/h5-12,20,25-26H,13-19H2,1-4H3. The van der Waals surface area contributed by atoms with E-state index in [0.717, 1.165) is 73.0 Å². The van der Waals surface area contributed by atoms with Gasteiger partial charge in [0.2, 0.25) is 0 Å². The third-order valence-electron chi connectivity index (χ3n) is 7.88. The SMILES string of the molecule is COc1ccc(C(CCN2CCOCC2)c2c(OC)cc(OC)c3c2OC(=O)CC3c2ccc(OC)cc2)cc1. The molecule has 1 fully saturated rings. The topological polar surface area (TPSA) is 75.7 Å². The van der Waals surface area contributed by atoms with Crippen LogP contribution >= 0.6 is 0 Å². The predicted octanol–water partition coefficient (Wildman–Crippen LogP) is 5.02. The van der Waals surface area contributed by atoms with Crippen molar-refractivity contribution < 1.29 is 33.2 Å². The molecule has 8 heteroatoms. The van der Waals surface area contributed by atoms with Gasteiger partial charge >= 0.3 is 5.97 Å². The van der Waals surface area contributed by atoms with E-state index in [4.69, 9.17) is 28.4 Å². The number of carbonyl (C=O) groups is 1. The van der Waals surface area contributed by atoms with E-state index in [9.17, 15) is 4.79 Å². The van der Waals surface area contributed by atoms with E-state index in [-0.39, 0.29) is 24.2 Å². The molecule has 0 N–H and O–H groups in total. The first kappa shape index (κ1) is 27.8. The van der Waals surface area contributed by atoms with E-state index in [0.29, 0.717) is 17.2 Å². The van der Waals surface area contributed by atoms with Crippen LogP contribution in [0.5, 0.6) is 28.7 Å². The summed E-state index contributed by atoms with van der Waals surface area (Å²) in [6, 6.07) is 17.8. The summed E-state index contributed by atoms with van der Waals surface area (Å²) in [4.78, 5) is 15.6. The van der Waals surface area contributed by atoms with Crippen LogP contribution < -0.4 is 23.7 Å². The van der Waals surface area contributed by atoms with Gasteiger partial charge in [-0.25, -0.2) is 0 Å². The van der Waals surface area contributed by atoms with Crippen molar-refractivity contribution in [3.05, 3.63) is 76.9 Å². The number of esters is 1. The van der Waals surface area contributed by atoms with E-state index in [1.165, 1.54) is 0 Å². The molecule has 40 heavy (non-hydrogen) atoms. The van der Waals surface area contributed by atoms with Gasteiger partial charge in [-0.05, 0) is 48.4 Å². The minimum Gasteiger partial charge on any atom is -0.497 e. The number of fused-ring (bicyclic) bond motifs is 1. The third kappa shape index (κ3) is 5.74. The van der Waals surface area contributed by atoms with Gasteiger partial charge in [0.15, 0.2) is 0 Å². The number of benzene rings is 3. The molecule has 2 atom stereocenters. The second kappa shape index (κ2) is 12.6. The molecule has 212 valence electrons. The molecule has 0 bridgehead atoms. The summed E-state index contributed by atoms with van der Waals surface area (Å²) in [5.41, 5.74) is 3.78. The Hall–Kier alpha value is -3.75. The molecular weight excluding hydrogens is 510 g/mol. The fourth-order valence-corrected chi connectivity index (χ4v) is 5.75. The Morgan fingerprint density at radius 2 is 1.48 bits per heavy atom. The van der Waals surface area contributed by atoms with Crippen molar-refractivity contribution in [3.8, 4) is 28.7 Å². The lowest BCUT2D eigenvalue weighted by atomic mass is 9.80. The summed E-state index contributed by atoms with van der Waals surface area (Å²) in [6.45, 7) is 4.11. The quantitative estimate of drug-likeness (QED) is 0.259. The van der Waals surface area contributed by atoms with E-state index in [1.807, 2.05) is 42.5 Å². The summed E-state index contributed by atoms with van der Waals surface area (Å²) >= 11 is 0. The van der Waals surface area contributed by atoms with E-state index in [2.05, 4.69) is 17.0 Å². The summed E-state index contributed by atoms with van der Waals surface area (Å²) in [5, 5.41) is 0. The maximum Gasteiger partial charge on any atom is 0.312 e.